The Hall–Kier alpha value is -1.39. The highest BCUT2D eigenvalue weighted by molar-refractivity contribution is 5.67. The number of hydrogen-bond acceptors (Lipinski definition) is 2. The summed E-state index contributed by atoms with van der Waals surface area (Å²) in [6.07, 6.45) is -1.07. The molecule has 0 amide bonds. The average molecular weight is 286 g/mol. The summed E-state index contributed by atoms with van der Waals surface area (Å²) in [4.78, 5) is 0. The quantitative estimate of drug-likeness (QED) is 0.784. The van der Waals surface area contributed by atoms with Gasteiger partial charge in [-0.25, -0.2) is 0 Å². The van der Waals surface area contributed by atoms with Crippen molar-refractivity contribution in [2.24, 2.45) is 11.8 Å². The van der Waals surface area contributed by atoms with E-state index in [4.69, 9.17) is 5.73 Å². The molecule has 20 heavy (non-hydrogen) atoms. The third-order valence-corrected chi connectivity index (χ3v) is 3.92. The molecule has 2 nitrogen and oxygen atoms in total. The van der Waals surface area contributed by atoms with Gasteiger partial charge in [0.2, 0.25) is 0 Å². The van der Waals surface area contributed by atoms with E-state index in [1.807, 2.05) is 0 Å². The number of nitrogen functional groups attached to an aromatic ring is 1. The van der Waals surface area contributed by atoms with E-state index in [0.717, 1.165) is 25.0 Å². The summed E-state index contributed by atoms with van der Waals surface area (Å²) in [6.45, 7) is 4.42. The Kier molecular flexibility index (Phi) is 4.16. The largest absolute Gasteiger partial charge is 0.416 e. The second kappa shape index (κ2) is 5.54. The van der Waals surface area contributed by atoms with Crippen molar-refractivity contribution in [3.63, 3.8) is 0 Å². The van der Waals surface area contributed by atoms with Crippen LogP contribution in [0.1, 0.15) is 38.7 Å². The van der Waals surface area contributed by atoms with Crippen molar-refractivity contribution in [1.82, 2.24) is 0 Å². The molecule has 0 spiro atoms. The topological polar surface area (TPSA) is 38.0 Å². The van der Waals surface area contributed by atoms with E-state index >= 15 is 0 Å². The first-order chi connectivity index (χ1) is 9.25. The number of nitrogens with two attached hydrogens (primary N) is 1. The molecule has 1 aromatic rings. The fourth-order valence-corrected chi connectivity index (χ4v) is 3.16. The molecule has 2 atom stereocenters. The lowest BCUT2D eigenvalue weighted by Gasteiger charge is -2.33. The number of rotatable bonds is 2. The molecule has 0 radical (unpaired) electrons. The summed E-state index contributed by atoms with van der Waals surface area (Å²) in [7, 11) is 0. The zero-order valence-corrected chi connectivity index (χ0v) is 11.8. The number of hydrogen-bond donors (Lipinski definition) is 2. The van der Waals surface area contributed by atoms with Gasteiger partial charge in [-0.3, -0.25) is 0 Å². The molecule has 1 aromatic carbocycles. The van der Waals surface area contributed by atoms with E-state index < -0.39 is 11.7 Å². The molecule has 2 rings (SSSR count). The van der Waals surface area contributed by atoms with Crippen molar-refractivity contribution in [1.29, 1.82) is 0 Å². The van der Waals surface area contributed by atoms with Gasteiger partial charge in [0.25, 0.3) is 0 Å². The molecule has 0 aromatic heterocycles. The Bertz CT molecular complexity index is 461. The molecule has 1 fully saturated rings. The van der Waals surface area contributed by atoms with E-state index in [1.54, 1.807) is 0 Å². The molecule has 2 unspecified atom stereocenters. The summed E-state index contributed by atoms with van der Waals surface area (Å²) in [5, 5.41) is 3.30. The van der Waals surface area contributed by atoms with Gasteiger partial charge in [-0.15, -0.1) is 0 Å². The highest BCUT2D eigenvalue weighted by atomic mass is 19.4. The van der Waals surface area contributed by atoms with Crippen LogP contribution in [0, 0.1) is 11.8 Å². The first-order valence-corrected chi connectivity index (χ1v) is 6.99. The lowest BCUT2D eigenvalue weighted by Crippen LogP contribution is -2.30. The smallest absolute Gasteiger partial charge is 0.397 e. The standard InChI is InChI=1S/C15H21F3N2/c1-9-5-10(2)7-12(6-9)20-14-4-3-11(8-13(14)19)15(16,17)18/h3-4,8-10,12,20H,5-7,19H2,1-2H3. The minimum Gasteiger partial charge on any atom is -0.397 e. The zero-order chi connectivity index (χ0) is 14.9. The third kappa shape index (κ3) is 3.58. The summed E-state index contributed by atoms with van der Waals surface area (Å²) >= 11 is 0. The summed E-state index contributed by atoms with van der Waals surface area (Å²) in [6, 6.07) is 3.79. The Morgan fingerprint density at radius 3 is 2.20 bits per heavy atom. The molecular weight excluding hydrogens is 265 g/mol. The van der Waals surface area contributed by atoms with Crippen molar-refractivity contribution in [2.75, 3.05) is 11.1 Å². The number of halogens is 3. The van der Waals surface area contributed by atoms with Crippen molar-refractivity contribution in [2.45, 2.75) is 45.3 Å². The number of alkyl halides is 3. The minimum absolute atomic E-state index is 0.158. The molecule has 3 N–H and O–H groups in total. The van der Waals surface area contributed by atoms with Crippen LogP contribution in [0.2, 0.25) is 0 Å². The van der Waals surface area contributed by atoms with Crippen molar-refractivity contribution in [3.8, 4) is 0 Å². The Morgan fingerprint density at radius 1 is 1.10 bits per heavy atom. The lowest BCUT2D eigenvalue weighted by molar-refractivity contribution is -0.137. The van der Waals surface area contributed by atoms with Crippen LogP contribution in [-0.2, 0) is 6.18 Å². The summed E-state index contributed by atoms with van der Waals surface area (Å²) in [5.41, 5.74) is 5.80. The van der Waals surface area contributed by atoms with Crippen LogP contribution < -0.4 is 11.1 Å². The van der Waals surface area contributed by atoms with E-state index in [0.29, 0.717) is 17.5 Å². The normalized spacial score (nSPS) is 27.4. The van der Waals surface area contributed by atoms with Gasteiger partial charge in [0.05, 0.1) is 16.9 Å². The fraction of sp³-hybridized carbons (Fsp3) is 0.600. The van der Waals surface area contributed by atoms with Gasteiger partial charge in [0.15, 0.2) is 0 Å². The van der Waals surface area contributed by atoms with Crippen LogP contribution >= 0.6 is 0 Å². The van der Waals surface area contributed by atoms with Gasteiger partial charge >= 0.3 is 6.18 Å². The van der Waals surface area contributed by atoms with Crippen LogP contribution in [0.15, 0.2) is 18.2 Å². The van der Waals surface area contributed by atoms with Crippen LogP contribution in [0.4, 0.5) is 24.5 Å². The van der Waals surface area contributed by atoms with E-state index in [1.165, 1.54) is 12.5 Å². The molecule has 0 heterocycles. The van der Waals surface area contributed by atoms with Gasteiger partial charge in [0, 0.05) is 6.04 Å². The van der Waals surface area contributed by atoms with Crippen LogP contribution in [0.3, 0.4) is 0 Å². The van der Waals surface area contributed by atoms with Gasteiger partial charge in [0.1, 0.15) is 0 Å². The van der Waals surface area contributed by atoms with E-state index in [2.05, 4.69) is 19.2 Å². The fourth-order valence-electron chi connectivity index (χ4n) is 3.16. The predicted octanol–water partition coefficient (Wildman–Crippen LogP) is 4.52. The second-order valence-corrected chi connectivity index (χ2v) is 6.06. The van der Waals surface area contributed by atoms with Crippen molar-refractivity contribution in [3.05, 3.63) is 23.8 Å². The maximum Gasteiger partial charge on any atom is 0.416 e. The molecule has 0 bridgehead atoms. The Balaban J connectivity index is 2.10. The Morgan fingerprint density at radius 2 is 1.70 bits per heavy atom. The number of anilines is 2. The van der Waals surface area contributed by atoms with Gasteiger partial charge in [-0.1, -0.05) is 13.8 Å². The number of benzene rings is 1. The van der Waals surface area contributed by atoms with E-state index in [9.17, 15) is 13.2 Å². The zero-order valence-electron chi connectivity index (χ0n) is 11.8. The second-order valence-electron chi connectivity index (χ2n) is 6.06. The summed E-state index contributed by atoms with van der Waals surface area (Å²) in [5.74, 6) is 1.26. The molecule has 1 aliphatic rings. The van der Waals surface area contributed by atoms with Gasteiger partial charge in [-0.05, 0) is 49.3 Å². The molecular formula is C15H21F3N2. The van der Waals surface area contributed by atoms with E-state index in [-0.39, 0.29) is 11.7 Å². The van der Waals surface area contributed by atoms with Gasteiger partial charge in [-0.2, -0.15) is 13.2 Å². The monoisotopic (exact) mass is 286 g/mol. The first kappa shape index (κ1) is 15.0. The highest BCUT2D eigenvalue weighted by Gasteiger charge is 2.31. The molecule has 1 saturated carbocycles. The minimum atomic E-state index is -4.35. The van der Waals surface area contributed by atoms with Gasteiger partial charge < -0.3 is 11.1 Å². The van der Waals surface area contributed by atoms with Crippen LogP contribution in [0.5, 0.6) is 0 Å². The van der Waals surface area contributed by atoms with Crippen LogP contribution in [0.25, 0.3) is 0 Å². The van der Waals surface area contributed by atoms with Crippen molar-refractivity contribution < 1.29 is 13.2 Å². The molecule has 1 aliphatic carbocycles. The van der Waals surface area contributed by atoms with Crippen LogP contribution in [-0.4, -0.2) is 6.04 Å². The predicted molar refractivity (Wildman–Crippen MR) is 75.4 cm³/mol. The van der Waals surface area contributed by atoms with Crippen molar-refractivity contribution >= 4 is 11.4 Å². The summed E-state index contributed by atoms with van der Waals surface area (Å²) < 4.78 is 37.8. The molecule has 0 aliphatic heterocycles. The molecule has 5 heteroatoms. The Labute approximate surface area is 117 Å². The highest BCUT2D eigenvalue weighted by Crippen LogP contribution is 2.35. The number of nitrogens with one attached hydrogen (secondary N) is 1. The first-order valence-electron chi connectivity index (χ1n) is 6.99. The average Bonchev–Trinajstić information content (AvgIpc) is 2.29. The lowest BCUT2D eigenvalue weighted by atomic mass is 9.80. The molecule has 112 valence electrons. The molecule has 0 saturated heterocycles. The SMILES string of the molecule is CC1CC(C)CC(Nc2ccc(C(F)(F)F)cc2N)C1. The maximum absolute atomic E-state index is 12.6. The third-order valence-electron chi connectivity index (χ3n) is 3.92. The maximum atomic E-state index is 12.6.